The molecular weight excluding hydrogens is 280 g/mol. The van der Waals surface area contributed by atoms with Crippen molar-refractivity contribution >= 4 is 22.6 Å². The number of anilines is 1. The molecule has 0 aromatic carbocycles. The van der Waals surface area contributed by atoms with E-state index in [0.29, 0.717) is 38.7 Å². The summed E-state index contributed by atoms with van der Waals surface area (Å²) in [4.78, 5) is 20.6. The minimum Gasteiger partial charge on any atom is -0.378 e. The molecule has 0 saturated carbocycles. The number of hydrogen-bond donors (Lipinski definition) is 0. The number of carbonyl (C=O) groups is 1. The molecule has 0 aliphatic carbocycles. The Morgan fingerprint density at radius 1 is 1.45 bits per heavy atom. The fourth-order valence-electron chi connectivity index (χ4n) is 2.39. The van der Waals surface area contributed by atoms with Gasteiger partial charge in [0.2, 0.25) is 11.0 Å². The zero-order valence-electron chi connectivity index (χ0n) is 11.4. The second-order valence-electron chi connectivity index (χ2n) is 4.97. The molecule has 2 fully saturated rings. The van der Waals surface area contributed by atoms with Crippen molar-refractivity contribution in [2.75, 3.05) is 51.4 Å². The summed E-state index contributed by atoms with van der Waals surface area (Å²) in [5, 5.41) is 0.878. The maximum absolute atomic E-state index is 12.3. The van der Waals surface area contributed by atoms with Crippen molar-refractivity contribution in [1.29, 1.82) is 0 Å². The minimum absolute atomic E-state index is 0.0860. The molecule has 2 saturated heterocycles. The van der Waals surface area contributed by atoms with Crippen LogP contribution in [0.5, 0.6) is 0 Å². The predicted octanol–water partition coefficient (Wildman–Crippen LogP) is -0.0205. The topological polar surface area (TPSA) is 67.8 Å². The number of aromatic nitrogens is 2. The summed E-state index contributed by atoms with van der Waals surface area (Å²) in [7, 11) is 1.63. The van der Waals surface area contributed by atoms with Crippen LogP contribution in [0.4, 0.5) is 5.13 Å². The molecule has 3 rings (SSSR count). The first-order valence-corrected chi connectivity index (χ1v) is 7.48. The van der Waals surface area contributed by atoms with Gasteiger partial charge in [-0.15, -0.1) is 0 Å². The Morgan fingerprint density at radius 3 is 2.90 bits per heavy atom. The first-order valence-electron chi connectivity index (χ1n) is 6.71. The third kappa shape index (κ3) is 2.77. The molecule has 1 amide bonds. The lowest BCUT2D eigenvalue weighted by atomic mass is 9.99. The van der Waals surface area contributed by atoms with Crippen molar-refractivity contribution in [3.05, 3.63) is 5.82 Å². The lowest BCUT2D eigenvalue weighted by Crippen LogP contribution is -2.56. The Hall–Kier alpha value is -1.25. The van der Waals surface area contributed by atoms with Crippen LogP contribution in [-0.4, -0.2) is 66.7 Å². The molecule has 7 nitrogen and oxygen atoms in total. The first-order chi connectivity index (χ1) is 9.78. The van der Waals surface area contributed by atoms with E-state index in [1.807, 2.05) is 4.90 Å². The van der Waals surface area contributed by atoms with Crippen LogP contribution < -0.4 is 4.90 Å². The summed E-state index contributed by atoms with van der Waals surface area (Å²) < 4.78 is 14.5. The normalized spacial score (nSPS) is 20.1. The molecule has 110 valence electrons. The molecule has 0 N–H and O–H groups in total. The van der Waals surface area contributed by atoms with Gasteiger partial charge in [0.25, 0.3) is 0 Å². The summed E-state index contributed by atoms with van der Waals surface area (Å²) in [6, 6.07) is 0. The van der Waals surface area contributed by atoms with Gasteiger partial charge in [-0.2, -0.15) is 4.37 Å². The lowest BCUT2D eigenvalue weighted by Gasteiger charge is -2.41. The van der Waals surface area contributed by atoms with E-state index in [9.17, 15) is 4.79 Å². The van der Waals surface area contributed by atoms with E-state index in [0.717, 1.165) is 18.2 Å². The molecule has 8 heteroatoms. The summed E-state index contributed by atoms with van der Waals surface area (Å²) in [5.41, 5.74) is 0. The van der Waals surface area contributed by atoms with Crippen LogP contribution in [0.25, 0.3) is 0 Å². The average molecular weight is 298 g/mol. The number of methoxy groups -OCH3 is 1. The molecule has 0 spiro atoms. The van der Waals surface area contributed by atoms with Crippen molar-refractivity contribution in [3.8, 4) is 0 Å². The van der Waals surface area contributed by atoms with E-state index in [1.165, 1.54) is 11.5 Å². The van der Waals surface area contributed by atoms with Gasteiger partial charge >= 0.3 is 0 Å². The van der Waals surface area contributed by atoms with Crippen molar-refractivity contribution in [3.63, 3.8) is 0 Å². The number of rotatable bonds is 4. The SMILES string of the molecule is COCc1nsc(N2CC(C(=O)N3CCOCC3)C2)n1. The van der Waals surface area contributed by atoms with Crippen molar-refractivity contribution in [2.45, 2.75) is 6.61 Å². The molecule has 2 aliphatic heterocycles. The van der Waals surface area contributed by atoms with Gasteiger partial charge in [-0.1, -0.05) is 0 Å². The minimum atomic E-state index is 0.0860. The highest BCUT2D eigenvalue weighted by molar-refractivity contribution is 7.09. The van der Waals surface area contributed by atoms with Crippen molar-refractivity contribution in [2.24, 2.45) is 5.92 Å². The van der Waals surface area contributed by atoms with Gasteiger partial charge < -0.3 is 19.3 Å². The Bertz CT molecular complexity index is 469. The number of hydrogen-bond acceptors (Lipinski definition) is 7. The molecule has 0 unspecified atom stereocenters. The number of morpholine rings is 1. The quantitative estimate of drug-likeness (QED) is 0.778. The third-order valence-corrected chi connectivity index (χ3v) is 4.37. The molecule has 0 bridgehead atoms. The fourth-order valence-corrected chi connectivity index (χ4v) is 3.09. The van der Waals surface area contributed by atoms with Crippen LogP contribution in [0.15, 0.2) is 0 Å². The van der Waals surface area contributed by atoms with Crippen LogP contribution in [0.3, 0.4) is 0 Å². The van der Waals surface area contributed by atoms with Gasteiger partial charge in [0, 0.05) is 44.8 Å². The van der Waals surface area contributed by atoms with Gasteiger partial charge in [0.15, 0.2) is 5.82 Å². The molecule has 3 heterocycles. The zero-order valence-corrected chi connectivity index (χ0v) is 12.3. The van der Waals surface area contributed by atoms with Crippen LogP contribution in [0, 0.1) is 5.92 Å². The van der Waals surface area contributed by atoms with Gasteiger partial charge in [-0.3, -0.25) is 4.79 Å². The maximum atomic E-state index is 12.3. The predicted molar refractivity (Wildman–Crippen MR) is 73.7 cm³/mol. The van der Waals surface area contributed by atoms with E-state index >= 15 is 0 Å². The molecule has 1 aromatic rings. The van der Waals surface area contributed by atoms with E-state index in [-0.39, 0.29) is 11.8 Å². The highest BCUT2D eigenvalue weighted by atomic mass is 32.1. The molecular formula is C12H18N4O3S. The second-order valence-corrected chi connectivity index (χ2v) is 5.70. The van der Waals surface area contributed by atoms with E-state index in [1.54, 1.807) is 7.11 Å². The van der Waals surface area contributed by atoms with Gasteiger partial charge in [-0.25, -0.2) is 4.98 Å². The Balaban J connectivity index is 1.51. The maximum Gasteiger partial charge on any atom is 0.229 e. The number of nitrogens with zero attached hydrogens (tertiary/aromatic N) is 4. The average Bonchev–Trinajstić information content (AvgIpc) is 2.87. The second kappa shape index (κ2) is 6.02. The number of ether oxygens (including phenoxy) is 2. The molecule has 1 aromatic heterocycles. The number of amides is 1. The molecule has 0 atom stereocenters. The zero-order chi connectivity index (χ0) is 13.9. The van der Waals surface area contributed by atoms with E-state index in [4.69, 9.17) is 9.47 Å². The van der Waals surface area contributed by atoms with Crippen molar-refractivity contribution < 1.29 is 14.3 Å². The fraction of sp³-hybridized carbons (Fsp3) is 0.750. The third-order valence-electron chi connectivity index (χ3n) is 3.55. The molecule has 2 aliphatic rings. The Morgan fingerprint density at radius 2 is 2.20 bits per heavy atom. The van der Waals surface area contributed by atoms with Crippen LogP contribution in [0.2, 0.25) is 0 Å². The first kappa shape index (κ1) is 13.7. The summed E-state index contributed by atoms with van der Waals surface area (Å²) in [6.45, 7) is 4.63. The highest BCUT2D eigenvalue weighted by Crippen LogP contribution is 2.27. The Kier molecular flexibility index (Phi) is 4.13. The van der Waals surface area contributed by atoms with Crippen molar-refractivity contribution in [1.82, 2.24) is 14.3 Å². The monoisotopic (exact) mass is 298 g/mol. The summed E-state index contributed by atoms with van der Waals surface area (Å²) in [6.07, 6.45) is 0. The van der Waals surface area contributed by atoms with Gasteiger partial charge in [0.1, 0.15) is 6.61 Å². The number of carbonyl (C=O) groups excluding carboxylic acids is 1. The van der Waals surface area contributed by atoms with E-state index < -0.39 is 0 Å². The van der Waals surface area contributed by atoms with Crippen LogP contribution in [-0.2, 0) is 20.9 Å². The van der Waals surface area contributed by atoms with Gasteiger partial charge in [-0.05, 0) is 0 Å². The largest absolute Gasteiger partial charge is 0.378 e. The highest BCUT2D eigenvalue weighted by Gasteiger charge is 2.37. The summed E-state index contributed by atoms with van der Waals surface area (Å²) in [5.74, 6) is 1.03. The summed E-state index contributed by atoms with van der Waals surface area (Å²) >= 11 is 1.36. The van der Waals surface area contributed by atoms with E-state index in [2.05, 4.69) is 14.3 Å². The molecule has 20 heavy (non-hydrogen) atoms. The van der Waals surface area contributed by atoms with Gasteiger partial charge in [0.05, 0.1) is 19.1 Å². The standard InChI is InChI=1S/C12H18N4O3S/c1-18-8-10-13-12(20-14-10)16-6-9(7-16)11(17)15-2-4-19-5-3-15/h9H,2-8H2,1H3. The van der Waals surface area contributed by atoms with Crippen LogP contribution >= 0.6 is 11.5 Å². The molecule has 0 radical (unpaired) electrons. The smallest absolute Gasteiger partial charge is 0.229 e. The van der Waals surface area contributed by atoms with Crippen LogP contribution in [0.1, 0.15) is 5.82 Å². The Labute approximate surface area is 121 Å². The lowest BCUT2D eigenvalue weighted by molar-refractivity contribution is -0.140.